The van der Waals surface area contributed by atoms with Crippen molar-refractivity contribution in [2.45, 2.75) is 19.3 Å². The van der Waals surface area contributed by atoms with Crippen molar-refractivity contribution in [1.82, 2.24) is 0 Å². The molecule has 1 aromatic rings. The molecule has 100 valence electrons. The maximum Gasteiger partial charge on any atom is 0.324 e. The van der Waals surface area contributed by atoms with Crippen LogP contribution in [0, 0.1) is 17.0 Å². The van der Waals surface area contributed by atoms with E-state index in [1.54, 1.807) is 0 Å². The van der Waals surface area contributed by atoms with Crippen molar-refractivity contribution in [3.05, 3.63) is 33.9 Å². The third kappa shape index (κ3) is 3.31. The minimum absolute atomic E-state index is 0.00683. The largest absolute Gasteiger partial charge is 0.379 e. The van der Waals surface area contributed by atoms with Crippen LogP contribution in [0.4, 0.5) is 28.9 Å². The van der Waals surface area contributed by atoms with Gasteiger partial charge in [0.15, 0.2) is 0 Å². The van der Waals surface area contributed by atoms with E-state index in [0.29, 0.717) is 5.56 Å². The SMILES string of the molecule is Cc1ccc(NCC(F)(F)C(F)F)cc1[N+](=O)[O-]. The summed E-state index contributed by atoms with van der Waals surface area (Å²) in [6.07, 6.45) is -3.79. The van der Waals surface area contributed by atoms with E-state index in [1.807, 2.05) is 0 Å². The van der Waals surface area contributed by atoms with E-state index in [4.69, 9.17) is 0 Å². The third-order valence-corrected chi connectivity index (χ3v) is 2.25. The van der Waals surface area contributed by atoms with E-state index in [-0.39, 0.29) is 11.4 Å². The zero-order valence-electron chi connectivity index (χ0n) is 9.29. The molecule has 1 aromatic carbocycles. The molecule has 0 aliphatic heterocycles. The van der Waals surface area contributed by atoms with Gasteiger partial charge in [-0.25, -0.2) is 8.78 Å². The van der Waals surface area contributed by atoms with Gasteiger partial charge in [0.05, 0.1) is 11.5 Å². The molecule has 0 saturated carbocycles. The van der Waals surface area contributed by atoms with Crippen molar-refractivity contribution in [3.63, 3.8) is 0 Å². The van der Waals surface area contributed by atoms with E-state index in [0.717, 1.165) is 6.07 Å². The Hall–Kier alpha value is -1.86. The fourth-order valence-corrected chi connectivity index (χ4v) is 1.21. The van der Waals surface area contributed by atoms with Crippen LogP contribution in [0.5, 0.6) is 0 Å². The topological polar surface area (TPSA) is 55.2 Å². The lowest BCUT2D eigenvalue weighted by molar-refractivity contribution is -0.385. The number of nitrogens with zero attached hydrogens (tertiary/aromatic N) is 1. The van der Waals surface area contributed by atoms with Gasteiger partial charge in [0.1, 0.15) is 0 Å². The number of halogens is 4. The number of nitro benzene ring substituents is 1. The van der Waals surface area contributed by atoms with Crippen LogP contribution in [0.3, 0.4) is 0 Å². The Bertz CT molecular complexity index is 452. The second-order valence-corrected chi connectivity index (χ2v) is 3.67. The summed E-state index contributed by atoms with van der Waals surface area (Å²) in [7, 11) is 0. The minimum Gasteiger partial charge on any atom is -0.379 e. The average molecular weight is 266 g/mol. The van der Waals surface area contributed by atoms with Gasteiger partial charge >= 0.3 is 12.3 Å². The number of aryl methyl sites for hydroxylation is 1. The molecule has 0 heterocycles. The monoisotopic (exact) mass is 266 g/mol. The molecule has 0 aliphatic rings. The molecule has 0 radical (unpaired) electrons. The summed E-state index contributed by atoms with van der Waals surface area (Å²) < 4.78 is 49.0. The highest BCUT2D eigenvalue weighted by Gasteiger charge is 2.40. The van der Waals surface area contributed by atoms with Gasteiger partial charge in [-0.05, 0) is 13.0 Å². The number of alkyl halides is 4. The standard InChI is InChI=1S/C10H10F4N2O2/c1-6-2-3-7(4-8(6)16(17)18)15-5-10(13,14)9(11)12/h2-4,9,15H,5H2,1H3. The smallest absolute Gasteiger partial charge is 0.324 e. The lowest BCUT2D eigenvalue weighted by Gasteiger charge is -2.16. The van der Waals surface area contributed by atoms with Gasteiger partial charge in [-0.2, -0.15) is 8.78 Å². The van der Waals surface area contributed by atoms with E-state index in [9.17, 15) is 27.7 Å². The normalized spacial score (nSPS) is 11.7. The molecule has 0 fully saturated rings. The Labute approximate surface area is 99.8 Å². The Morgan fingerprint density at radius 1 is 1.44 bits per heavy atom. The van der Waals surface area contributed by atoms with Crippen molar-refractivity contribution in [1.29, 1.82) is 0 Å². The van der Waals surface area contributed by atoms with Crippen LogP contribution in [0.15, 0.2) is 18.2 Å². The fourth-order valence-electron chi connectivity index (χ4n) is 1.21. The lowest BCUT2D eigenvalue weighted by atomic mass is 10.2. The number of hydrogen-bond donors (Lipinski definition) is 1. The molecule has 0 amide bonds. The van der Waals surface area contributed by atoms with Crippen LogP contribution in [0.25, 0.3) is 0 Å². The maximum absolute atomic E-state index is 12.6. The number of nitrogens with one attached hydrogen (secondary N) is 1. The Kier molecular flexibility index (Phi) is 4.10. The molecule has 18 heavy (non-hydrogen) atoms. The molecular formula is C10H10F4N2O2. The van der Waals surface area contributed by atoms with Crippen LogP contribution >= 0.6 is 0 Å². The zero-order valence-corrected chi connectivity index (χ0v) is 9.29. The molecule has 8 heteroatoms. The van der Waals surface area contributed by atoms with Gasteiger partial charge in [-0.15, -0.1) is 0 Å². The van der Waals surface area contributed by atoms with Gasteiger partial charge in [0, 0.05) is 17.3 Å². The van der Waals surface area contributed by atoms with Crippen molar-refractivity contribution in [2.24, 2.45) is 0 Å². The minimum atomic E-state index is -4.18. The summed E-state index contributed by atoms with van der Waals surface area (Å²) in [5.74, 6) is -4.18. The average Bonchev–Trinajstić information content (AvgIpc) is 2.27. The Morgan fingerprint density at radius 3 is 2.56 bits per heavy atom. The summed E-state index contributed by atoms with van der Waals surface area (Å²) >= 11 is 0. The molecule has 1 N–H and O–H groups in total. The second-order valence-electron chi connectivity index (χ2n) is 3.67. The molecule has 4 nitrogen and oxygen atoms in total. The second kappa shape index (κ2) is 5.19. The van der Waals surface area contributed by atoms with Gasteiger partial charge in [-0.1, -0.05) is 6.07 Å². The first-order valence-corrected chi connectivity index (χ1v) is 4.89. The maximum atomic E-state index is 12.6. The molecule has 0 atom stereocenters. The van der Waals surface area contributed by atoms with Crippen LogP contribution in [0.2, 0.25) is 0 Å². The fraction of sp³-hybridized carbons (Fsp3) is 0.400. The number of benzene rings is 1. The van der Waals surface area contributed by atoms with Gasteiger partial charge in [0.25, 0.3) is 5.69 Å². The molecule has 0 saturated heterocycles. The van der Waals surface area contributed by atoms with Crippen LogP contribution < -0.4 is 5.32 Å². The van der Waals surface area contributed by atoms with E-state index in [2.05, 4.69) is 5.32 Å². The predicted octanol–water partition coefficient (Wildman–Crippen LogP) is 3.22. The predicted molar refractivity (Wildman–Crippen MR) is 57.3 cm³/mol. The summed E-state index contributed by atoms with van der Waals surface area (Å²) in [6, 6.07) is 3.68. The highest BCUT2D eigenvalue weighted by Crippen LogP contribution is 2.26. The summed E-state index contributed by atoms with van der Waals surface area (Å²) in [5, 5.41) is 12.6. The van der Waals surface area contributed by atoms with Crippen molar-refractivity contribution < 1.29 is 22.5 Å². The number of rotatable bonds is 5. The first-order valence-electron chi connectivity index (χ1n) is 4.89. The van der Waals surface area contributed by atoms with Crippen LogP contribution in [0.1, 0.15) is 5.56 Å². The first kappa shape index (κ1) is 14.2. The molecule has 0 bridgehead atoms. The Morgan fingerprint density at radius 2 is 2.06 bits per heavy atom. The molecular weight excluding hydrogens is 256 g/mol. The number of anilines is 1. The highest BCUT2D eigenvalue weighted by atomic mass is 19.3. The van der Waals surface area contributed by atoms with Gasteiger partial charge in [-0.3, -0.25) is 10.1 Å². The van der Waals surface area contributed by atoms with Crippen LogP contribution in [-0.2, 0) is 0 Å². The molecule has 0 aromatic heterocycles. The Balaban J connectivity index is 2.81. The van der Waals surface area contributed by atoms with Crippen molar-refractivity contribution >= 4 is 11.4 Å². The summed E-state index contributed by atoms with van der Waals surface area (Å²) in [5.41, 5.74) is 0.0826. The van der Waals surface area contributed by atoms with Crippen LogP contribution in [-0.4, -0.2) is 23.8 Å². The first-order chi connectivity index (χ1) is 8.24. The van der Waals surface area contributed by atoms with E-state index < -0.39 is 23.8 Å². The summed E-state index contributed by atoms with van der Waals surface area (Å²) in [4.78, 5) is 9.92. The lowest BCUT2D eigenvalue weighted by Crippen LogP contribution is -2.34. The molecule has 0 spiro atoms. The van der Waals surface area contributed by atoms with E-state index in [1.165, 1.54) is 19.1 Å². The molecule has 0 aliphatic carbocycles. The molecule has 1 rings (SSSR count). The third-order valence-electron chi connectivity index (χ3n) is 2.25. The number of nitro groups is 1. The number of hydrogen-bond acceptors (Lipinski definition) is 3. The molecule has 0 unspecified atom stereocenters. The van der Waals surface area contributed by atoms with Gasteiger partial charge < -0.3 is 5.32 Å². The quantitative estimate of drug-likeness (QED) is 0.505. The van der Waals surface area contributed by atoms with Gasteiger partial charge in [0.2, 0.25) is 0 Å². The van der Waals surface area contributed by atoms with Crippen molar-refractivity contribution in [2.75, 3.05) is 11.9 Å². The highest BCUT2D eigenvalue weighted by molar-refractivity contribution is 5.54. The zero-order chi connectivity index (χ0) is 13.9. The van der Waals surface area contributed by atoms with Crippen molar-refractivity contribution in [3.8, 4) is 0 Å². The summed E-state index contributed by atoms with van der Waals surface area (Å²) in [6.45, 7) is 0.195. The van der Waals surface area contributed by atoms with E-state index >= 15 is 0 Å².